The molecule has 5 aromatic rings. The van der Waals surface area contributed by atoms with Gasteiger partial charge in [0.1, 0.15) is 5.82 Å². The van der Waals surface area contributed by atoms with Crippen LogP contribution >= 0.6 is 11.6 Å². The fraction of sp³-hybridized carbons (Fsp3) is 0.233. The molecule has 1 amide bonds. The Hall–Kier alpha value is -4.71. The van der Waals surface area contributed by atoms with Crippen molar-refractivity contribution < 1.29 is 18.0 Å². The number of nitrogens with zero attached hydrogens (tertiary/aromatic N) is 5. The topological polar surface area (TPSA) is 110 Å². The maximum Gasteiger partial charge on any atom is 0.436 e. The standard InChI is InChI=1S/C30H23ClF3N7O2/c1-15-8-20-10-18(21-12-19(31)4-6-24(21)40-14-25(38-39-40)30(32,33)34)11-27(43)41(20)28(15)29-35-13-23(37-29)17-2-5-22-16(9-17)3-7-26(42)36-22/h2,4-6,9-15,28H,3,7-8H2,1H3,(H,35,37)(H,36,42)/t15-,28-/m0/s1. The number of rotatable bonds is 4. The second-order valence-electron chi connectivity index (χ2n) is 10.9. The Labute approximate surface area is 247 Å². The second-order valence-corrected chi connectivity index (χ2v) is 11.3. The number of hydrogen-bond acceptors (Lipinski definition) is 5. The van der Waals surface area contributed by atoms with Crippen LogP contribution in [-0.2, 0) is 23.8 Å². The van der Waals surface area contributed by atoms with Crippen LogP contribution in [-0.4, -0.2) is 35.4 Å². The molecule has 43 heavy (non-hydrogen) atoms. The third-order valence-electron chi connectivity index (χ3n) is 7.98. The number of benzene rings is 2. The minimum Gasteiger partial charge on any atom is -0.340 e. The van der Waals surface area contributed by atoms with Crippen LogP contribution in [0.15, 0.2) is 65.7 Å². The van der Waals surface area contributed by atoms with Gasteiger partial charge in [0.05, 0.1) is 29.8 Å². The fourth-order valence-corrected chi connectivity index (χ4v) is 6.16. The average Bonchev–Trinajstić information content (AvgIpc) is 3.71. The van der Waals surface area contributed by atoms with E-state index in [1.165, 1.54) is 6.07 Å². The number of aromatic nitrogens is 6. The number of carbonyl (C=O) groups is 1. The number of nitrogens with one attached hydrogen (secondary N) is 2. The number of aryl methyl sites for hydroxylation is 1. The van der Waals surface area contributed by atoms with Crippen molar-refractivity contribution in [2.45, 2.75) is 38.4 Å². The number of aromatic amines is 1. The quantitative estimate of drug-likeness (QED) is 0.268. The first-order valence-electron chi connectivity index (χ1n) is 13.6. The Balaban J connectivity index is 1.24. The van der Waals surface area contributed by atoms with E-state index >= 15 is 0 Å². The van der Waals surface area contributed by atoms with Gasteiger partial charge in [0.15, 0.2) is 5.69 Å². The van der Waals surface area contributed by atoms with Crippen molar-refractivity contribution in [3.63, 3.8) is 0 Å². The van der Waals surface area contributed by atoms with Crippen molar-refractivity contribution in [2.75, 3.05) is 5.32 Å². The number of fused-ring (bicyclic) bond motifs is 2. The van der Waals surface area contributed by atoms with Gasteiger partial charge in [-0.05, 0) is 71.8 Å². The number of anilines is 1. The number of imidazole rings is 1. The van der Waals surface area contributed by atoms with E-state index in [2.05, 4.69) is 25.6 Å². The van der Waals surface area contributed by atoms with E-state index in [9.17, 15) is 22.8 Å². The lowest BCUT2D eigenvalue weighted by molar-refractivity contribution is -0.141. The molecule has 2 aliphatic heterocycles. The van der Waals surface area contributed by atoms with Gasteiger partial charge in [0.25, 0.3) is 5.56 Å². The molecule has 0 saturated heterocycles. The van der Waals surface area contributed by atoms with Crippen LogP contribution in [0.2, 0.25) is 5.02 Å². The van der Waals surface area contributed by atoms with E-state index in [-0.39, 0.29) is 23.4 Å². The van der Waals surface area contributed by atoms with Crippen molar-refractivity contribution >= 4 is 23.2 Å². The third kappa shape index (κ3) is 4.81. The van der Waals surface area contributed by atoms with Gasteiger partial charge in [-0.1, -0.05) is 29.8 Å². The van der Waals surface area contributed by atoms with E-state index in [0.717, 1.165) is 39.1 Å². The zero-order valence-electron chi connectivity index (χ0n) is 22.6. The summed E-state index contributed by atoms with van der Waals surface area (Å²) in [6.07, 6.45) is -0.413. The van der Waals surface area contributed by atoms with Gasteiger partial charge < -0.3 is 14.9 Å². The monoisotopic (exact) mass is 605 g/mol. The summed E-state index contributed by atoms with van der Waals surface area (Å²) >= 11 is 6.27. The fourth-order valence-electron chi connectivity index (χ4n) is 5.99. The first kappa shape index (κ1) is 27.1. The summed E-state index contributed by atoms with van der Waals surface area (Å²) in [7, 11) is 0. The summed E-state index contributed by atoms with van der Waals surface area (Å²) in [6, 6.07) is 13.5. The number of halogens is 4. The number of amides is 1. The Morgan fingerprint density at radius 1 is 1.02 bits per heavy atom. The minimum absolute atomic E-state index is 0.00661. The zero-order chi connectivity index (χ0) is 30.0. The molecule has 3 aromatic heterocycles. The molecule has 2 aromatic carbocycles. The maximum atomic E-state index is 13.6. The van der Waals surface area contributed by atoms with Crippen molar-refractivity contribution in [1.82, 2.24) is 29.5 Å². The molecule has 0 spiro atoms. The van der Waals surface area contributed by atoms with Crippen LogP contribution in [0.3, 0.4) is 0 Å². The van der Waals surface area contributed by atoms with E-state index < -0.39 is 11.9 Å². The van der Waals surface area contributed by atoms with Crippen molar-refractivity contribution in [2.24, 2.45) is 5.92 Å². The Bertz CT molecular complexity index is 1980. The number of carbonyl (C=O) groups excluding carboxylic acids is 1. The van der Waals surface area contributed by atoms with Crippen LogP contribution in [0.5, 0.6) is 0 Å². The summed E-state index contributed by atoms with van der Waals surface area (Å²) in [6.45, 7) is 2.04. The molecule has 0 fully saturated rings. The molecule has 9 nitrogen and oxygen atoms in total. The first-order valence-corrected chi connectivity index (χ1v) is 14.0. The SMILES string of the molecule is C[C@H]1Cc2cc(-c3cc(Cl)ccc3-n3cc(C(F)(F)F)nn3)cc(=O)n2[C@@H]1c1ncc(-c2ccc3c(c2)CCC(=O)N3)[nH]1. The third-order valence-corrected chi connectivity index (χ3v) is 8.22. The second kappa shape index (κ2) is 9.94. The van der Waals surface area contributed by atoms with E-state index in [1.807, 2.05) is 31.2 Å². The van der Waals surface area contributed by atoms with Crippen LogP contribution in [0, 0.1) is 5.92 Å². The number of H-pyrrole nitrogens is 1. The predicted molar refractivity (Wildman–Crippen MR) is 153 cm³/mol. The molecule has 5 heterocycles. The lowest BCUT2D eigenvalue weighted by Gasteiger charge is -2.18. The molecular formula is C30H23ClF3N7O2. The highest BCUT2D eigenvalue weighted by molar-refractivity contribution is 6.31. The Morgan fingerprint density at radius 2 is 1.86 bits per heavy atom. The summed E-state index contributed by atoms with van der Waals surface area (Å²) in [4.78, 5) is 33.4. The highest BCUT2D eigenvalue weighted by Crippen LogP contribution is 2.38. The smallest absolute Gasteiger partial charge is 0.340 e. The first-order chi connectivity index (χ1) is 20.5. The molecule has 0 radical (unpaired) electrons. The zero-order valence-corrected chi connectivity index (χ0v) is 23.4. The Kier molecular flexibility index (Phi) is 6.27. The minimum atomic E-state index is -4.65. The predicted octanol–water partition coefficient (Wildman–Crippen LogP) is 5.82. The number of hydrogen-bond donors (Lipinski definition) is 2. The summed E-state index contributed by atoms with van der Waals surface area (Å²) in [5, 5.41) is 10.2. The largest absolute Gasteiger partial charge is 0.436 e. The van der Waals surface area contributed by atoms with E-state index in [0.29, 0.717) is 46.9 Å². The van der Waals surface area contributed by atoms with Crippen molar-refractivity contribution in [3.8, 4) is 28.1 Å². The molecule has 218 valence electrons. The summed E-state index contributed by atoms with van der Waals surface area (Å²) in [5.74, 6) is 0.684. The number of alkyl halides is 3. The highest BCUT2D eigenvalue weighted by Gasteiger charge is 2.36. The van der Waals surface area contributed by atoms with Gasteiger partial charge in [-0.15, -0.1) is 5.10 Å². The Morgan fingerprint density at radius 3 is 2.65 bits per heavy atom. The lowest BCUT2D eigenvalue weighted by atomic mass is 9.99. The summed E-state index contributed by atoms with van der Waals surface area (Å²) in [5.41, 5.74) is 4.22. The average molecular weight is 606 g/mol. The van der Waals surface area contributed by atoms with Gasteiger partial charge in [-0.25, -0.2) is 9.67 Å². The van der Waals surface area contributed by atoms with Crippen LogP contribution in [0.25, 0.3) is 28.1 Å². The lowest BCUT2D eigenvalue weighted by Crippen LogP contribution is -2.25. The van der Waals surface area contributed by atoms with E-state index in [4.69, 9.17) is 11.6 Å². The van der Waals surface area contributed by atoms with Crippen LogP contribution in [0.1, 0.15) is 42.2 Å². The molecule has 0 aliphatic carbocycles. The van der Waals surface area contributed by atoms with E-state index in [1.54, 1.807) is 29.0 Å². The van der Waals surface area contributed by atoms with Crippen molar-refractivity contribution in [3.05, 3.63) is 99.1 Å². The molecule has 7 rings (SSSR count). The van der Waals surface area contributed by atoms with Crippen molar-refractivity contribution in [1.29, 1.82) is 0 Å². The molecular weight excluding hydrogens is 583 g/mol. The molecule has 2 N–H and O–H groups in total. The maximum absolute atomic E-state index is 13.6. The van der Waals surface area contributed by atoms with Crippen LogP contribution < -0.4 is 10.9 Å². The molecule has 2 atom stereocenters. The molecule has 0 bridgehead atoms. The van der Waals surface area contributed by atoms with Crippen LogP contribution in [0.4, 0.5) is 18.9 Å². The molecule has 0 unspecified atom stereocenters. The highest BCUT2D eigenvalue weighted by atomic mass is 35.5. The van der Waals surface area contributed by atoms with Gasteiger partial charge in [-0.2, -0.15) is 13.2 Å². The molecule has 13 heteroatoms. The normalized spacial score (nSPS) is 17.9. The molecule has 2 aliphatic rings. The van der Waals surface area contributed by atoms with Gasteiger partial charge in [0.2, 0.25) is 5.91 Å². The number of pyridine rings is 1. The van der Waals surface area contributed by atoms with Gasteiger partial charge in [-0.3, -0.25) is 9.59 Å². The van der Waals surface area contributed by atoms with Gasteiger partial charge >= 0.3 is 6.18 Å². The summed E-state index contributed by atoms with van der Waals surface area (Å²) < 4.78 is 42.3. The van der Waals surface area contributed by atoms with Gasteiger partial charge in [0, 0.05) is 34.5 Å². The molecule has 0 saturated carbocycles.